The number of hydrogen-bond acceptors (Lipinski definition) is 3. The third-order valence-corrected chi connectivity index (χ3v) is 1.66. The molecule has 3 N–H and O–H groups in total. The first-order valence-electron chi connectivity index (χ1n) is 4.74. The molecule has 0 atom stereocenters. The maximum absolute atomic E-state index is 10.3. The van der Waals surface area contributed by atoms with Crippen molar-refractivity contribution in [2.45, 2.75) is 32.1 Å². The zero-order chi connectivity index (χ0) is 9.94. The van der Waals surface area contributed by atoms with E-state index >= 15 is 0 Å². The molecule has 0 aromatic carbocycles. The van der Waals surface area contributed by atoms with Crippen molar-refractivity contribution in [1.29, 1.82) is 0 Å². The zero-order valence-corrected chi connectivity index (χ0v) is 8.00. The van der Waals surface area contributed by atoms with E-state index in [1.807, 2.05) is 0 Å². The highest BCUT2D eigenvalue weighted by Gasteiger charge is 1.94. The monoisotopic (exact) mass is 189 g/mol. The minimum atomic E-state index is -0.235. The summed E-state index contributed by atoms with van der Waals surface area (Å²) in [5.74, 6) is -0.235. The standard InChI is InChI=1S/C9H19NO3/c10-9(12)5-2-1-3-7-13-8-4-6-11/h11H,1-8H2,(H2,10,12). The first-order chi connectivity index (χ1) is 6.27. The second-order valence-electron chi connectivity index (χ2n) is 2.97. The molecule has 4 nitrogen and oxygen atoms in total. The van der Waals surface area contributed by atoms with Crippen LogP contribution >= 0.6 is 0 Å². The van der Waals surface area contributed by atoms with E-state index in [-0.39, 0.29) is 12.5 Å². The number of hydrogen-bond donors (Lipinski definition) is 2. The highest BCUT2D eigenvalue weighted by Crippen LogP contribution is 1.99. The maximum atomic E-state index is 10.3. The number of amides is 1. The lowest BCUT2D eigenvalue weighted by Gasteiger charge is -2.01. The van der Waals surface area contributed by atoms with Crippen LogP contribution in [0.1, 0.15) is 32.1 Å². The third kappa shape index (κ3) is 11.4. The molecule has 78 valence electrons. The predicted octanol–water partition coefficient (Wildman–Crippen LogP) is 0.431. The summed E-state index contributed by atoms with van der Waals surface area (Å²) in [6.07, 6.45) is 3.94. The number of nitrogens with two attached hydrogens (primary N) is 1. The van der Waals surface area contributed by atoms with Crippen LogP contribution < -0.4 is 5.73 Å². The van der Waals surface area contributed by atoms with Gasteiger partial charge in [0.2, 0.25) is 5.91 Å². The SMILES string of the molecule is NC(=O)CCCCCOCCCO. The summed E-state index contributed by atoms with van der Waals surface area (Å²) >= 11 is 0. The number of unbranched alkanes of at least 4 members (excludes halogenated alkanes) is 2. The molecule has 0 aliphatic rings. The molecule has 0 aromatic heterocycles. The van der Waals surface area contributed by atoms with Crippen LogP contribution in [0.15, 0.2) is 0 Å². The Kier molecular flexibility index (Phi) is 9.03. The van der Waals surface area contributed by atoms with Crippen molar-refractivity contribution >= 4 is 5.91 Å². The predicted molar refractivity (Wildman–Crippen MR) is 50.2 cm³/mol. The molecule has 0 bridgehead atoms. The molecule has 0 aliphatic carbocycles. The number of carbonyl (C=O) groups excluding carboxylic acids is 1. The first kappa shape index (κ1) is 12.4. The number of aliphatic hydroxyl groups is 1. The van der Waals surface area contributed by atoms with Gasteiger partial charge in [0.1, 0.15) is 0 Å². The van der Waals surface area contributed by atoms with Crippen molar-refractivity contribution < 1.29 is 14.6 Å². The van der Waals surface area contributed by atoms with Gasteiger partial charge in [0, 0.05) is 26.2 Å². The van der Waals surface area contributed by atoms with Gasteiger partial charge < -0.3 is 15.6 Å². The van der Waals surface area contributed by atoms with Crippen LogP contribution in [-0.2, 0) is 9.53 Å². The molecule has 0 radical (unpaired) electrons. The number of aliphatic hydroxyl groups excluding tert-OH is 1. The van der Waals surface area contributed by atoms with Gasteiger partial charge in [0.25, 0.3) is 0 Å². The van der Waals surface area contributed by atoms with Gasteiger partial charge in [-0.15, -0.1) is 0 Å². The molecular weight excluding hydrogens is 170 g/mol. The fourth-order valence-corrected chi connectivity index (χ4v) is 0.949. The average molecular weight is 189 g/mol. The summed E-state index contributed by atoms with van der Waals surface area (Å²) in [6, 6.07) is 0. The van der Waals surface area contributed by atoms with Crippen molar-refractivity contribution in [3.05, 3.63) is 0 Å². The lowest BCUT2D eigenvalue weighted by Crippen LogP contribution is -2.09. The van der Waals surface area contributed by atoms with Gasteiger partial charge in [-0.2, -0.15) is 0 Å². The third-order valence-electron chi connectivity index (χ3n) is 1.66. The van der Waals surface area contributed by atoms with Crippen molar-refractivity contribution in [2.75, 3.05) is 19.8 Å². The summed E-state index contributed by atoms with van der Waals surface area (Å²) in [6.45, 7) is 1.51. The van der Waals surface area contributed by atoms with Crippen LogP contribution in [0.5, 0.6) is 0 Å². The van der Waals surface area contributed by atoms with Gasteiger partial charge in [0.05, 0.1) is 0 Å². The molecule has 0 saturated heterocycles. The van der Waals surface area contributed by atoms with Crippen LogP contribution in [0.2, 0.25) is 0 Å². The molecule has 0 rings (SSSR count). The topological polar surface area (TPSA) is 72.6 Å². The van der Waals surface area contributed by atoms with Gasteiger partial charge in [-0.05, 0) is 19.3 Å². The summed E-state index contributed by atoms with van der Waals surface area (Å²) in [5, 5.41) is 8.44. The Labute approximate surface area is 79.1 Å². The highest BCUT2D eigenvalue weighted by molar-refractivity contribution is 5.73. The molecule has 0 heterocycles. The molecule has 0 saturated carbocycles. The number of carbonyl (C=O) groups is 1. The van der Waals surface area contributed by atoms with Crippen LogP contribution in [-0.4, -0.2) is 30.8 Å². The van der Waals surface area contributed by atoms with E-state index < -0.39 is 0 Å². The lowest BCUT2D eigenvalue weighted by atomic mass is 10.2. The van der Waals surface area contributed by atoms with E-state index in [0.717, 1.165) is 19.3 Å². The molecule has 1 amide bonds. The van der Waals surface area contributed by atoms with Crippen molar-refractivity contribution in [1.82, 2.24) is 0 Å². The summed E-state index contributed by atoms with van der Waals surface area (Å²) < 4.78 is 5.20. The quantitative estimate of drug-likeness (QED) is 0.517. The van der Waals surface area contributed by atoms with Crippen LogP contribution in [0.3, 0.4) is 0 Å². The maximum Gasteiger partial charge on any atom is 0.217 e. The molecule has 0 unspecified atom stereocenters. The van der Waals surface area contributed by atoms with Crippen LogP contribution in [0, 0.1) is 0 Å². The van der Waals surface area contributed by atoms with E-state index in [0.29, 0.717) is 26.1 Å². The zero-order valence-electron chi connectivity index (χ0n) is 8.00. The summed E-state index contributed by atoms with van der Waals surface area (Å²) in [7, 11) is 0. The Balaban J connectivity index is 2.87. The Morgan fingerprint density at radius 3 is 2.46 bits per heavy atom. The first-order valence-corrected chi connectivity index (χ1v) is 4.74. The van der Waals surface area contributed by atoms with Crippen LogP contribution in [0.25, 0.3) is 0 Å². The Hall–Kier alpha value is -0.610. The Morgan fingerprint density at radius 1 is 1.15 bits per heavy atom. The summed E-state index contributed by atoms with van der Waals surface area (Å²) in [4.78, 5) is 10.3. The normalized spacial score (nSPS) is 10.2. The van der Waals surface area contributed by atoms with Gasteiger partial charge in [-0.1, -0.05) is 6.42 Å². The van der Waals surface area contributed by atoms with Gasteiger partial charge in [-0.3, -0.25) is 4.79 Å². The van der Waals surface area contributed by atoms with Gasteiger partial charge in [0.15, 0.2) is 0 Å². The Bertz CT molecular complexity index is 128. The molecule has 0 aromatic rings. The van der Waals surface area contributed by atoms with E-state index in [4.69, 9.17) is 15.6 Å². The van der Waals surface area contributed by atoms with E-state index in [2.05, 4.69) is 0 Å². The van der Waals surface area contributed by atoms with E-state index in [1.54, 1.807) is 0 Å². The van der Waals surface area contributed by atoms with E-state index in [1.165, 1.54) is 0 Å². The largest absolute Gasteiger partial charge is 0.396 e. The highest BCUT2D eigenvalue weighted by atomic mass is 16.5. The van der Waals surface area contributed by atoms with Crippen molar-refractivity contribution in [3.8, 4) is 0 Å². The number of primary amides is 1. The second-order valence-corrected chi connectivity index (χ2v) is 2.97. The van der Waals surface area contributed by atoms with E-state index in [9.17, 15) is 4.79 Å². The molecular formula is C9H19NO3. The lowest BCUT2D eigenvalue weighted by molar-refractivity contribution is -0.118. The molecule has 0 spiro atoms. The molecule has 13 heavy (non-hydrogen) atoms. The van der Waals surface area contributed by atoms with Gasteiger partial charge >= 0.3 is 0 Å². The molecule has 0 fully saturated rings. The minimum absolute atomic E-state index is 0.182. The molecule has 4 heteroatoms. The minimum Gasteiger partial charge on any atom is -0.396 e. The summed E-state index contributed by atoms with van der Waals surface area (Å²) in [5.41, 5.74) is 4.97. The second kappa shape index (κ2) is 9.48. The van der Waals surface area contributed by atoms with Crippen molar-refractivity contribution in [3.63, 3.8) is 0 Å². The van der Waals surface area contributed by atoms with Crippen molar-refractivity contribution in [2.24, 2.45) is 5.73 Å². The number of ether oxygens (including phenoxy) is 1. The fourth-order valence-electron chi connectivity index (χ4n) is 0.949. The van der Waals surface area contributed by atoms with Gasteiger partial charge in [-0.25, -0.2) is 0 Å². The fraction of sp³-hybridized carbons (Fsp3) is 0.889. The van der Waals surface area contributed by atoms with Crippen LogP contribution in [0.4, 0.5) is 0 Å². The smallest absolute Gasteiger partial charge is 0.217 e. The Morgan fingerprint density at radius 2 is 1.85 bits per heavy atom. The molecule has 0 aliphatic heterocycles. The number of rotatable bonds is 9. The average Bonchev–Trinajstić information content (AvgIpc) is 2.09.